The van der Waals surface area contributed by atoms with Crippen LogP contribution in [-0.4, -0.2) is 25.5 Å². The lowest BCUT2D eigenvalue weighted by atomic mass is 9.68. The van der Waals surface area contributed by atoms with Crippen molar-refractivity contribution in [2.45, 2.75) is 26.2 Å². The zero-order valence-electron chi connectivity index (χ0n) is 11.1. The summed E-state index contributed by atoms with van der Waals surface area (Å²) in [7, 11) is 1.33. The molecule has 3 N–H and O–H groups in total. The smallest absolute Gasteiger partial charge is 0.350 e. The highest BCUT2D eigenvalue weighted by Crippen LogP contribution is 2.41. The molecular weight excluding hydrogens is 264 g/mol. The Labute approximate surface area is 116 Å². The fourth-order valence-corrected chi connectivity index (χ4v) is 3.14. The van der Waals surface area contributed by atoms with Crippen molar-refractivity contribution < 1.29 is 14.3 Å². The number of hydrogen-bond donors (Lipinski definition) is 2. The largest absolute Gasteiger partial charge is 0.465 e. The molecule has 0 bridgehead atoms. The molecule has 0 aromatic carbocycles. The topological polar surface area (TPSA) is 81.4 Å². The molecule has 0 atom stereocenters. The van der Waals surface area contributed by atoms with Crippen LogP contribution >= 0.6 is 11.3 Å². The maximum atomic E-state index is 12.3. The van der Waals surface area contributed by atoms with Crippen molar-refractivity contribution in [1.82, 2.24) is 0 Å². The summed E-state index contributed by atoms with van der Waals surface area (Å²) < 4.78 is 4.72. The predicted molar refractivity (Wildman–Crippen MR) is 74.4 cm³/mol. The third-order valence-corrected chi connectivity index (χ3v) is 4.85. The molecule has 1 aromatic heterocycles. The van der Waals surface area contributed by atoms with E-state index in [1.165, 1.54) is 18.4 Å². The maximum absolute atomic E-state index is 12.3. The Morgan fingerprint density at radius 3 is 2.68 bits per heavy atom. The zero-order chi connectivity index (χ0) is 14.0. The molecule has 2 rings (SSSR count). The minimum absolute atomic E-state index is 0.0899. The molecule has 1 aliphatic carbocycles. The van der Waals surface area contributed by atoms with E-state index < -0.39 is 11.4 Å². The SMILES string of the molecule is COC(=O)c1scc(C)c1NC(=O)C1(CN)CCC1. The Morgan fingerprint density at radius 1 is 1.53 bits per heavy atom. The van der Waals surface area contributed by atoms with Crippen molar-refractivity contribution in [2.24, 2.45) is 11.1 Å². The van der Waals surface area contributed by atoms with Crippen LogP contribution in [0.4, 0.5) is 5.69 Å². The van der Waals surface area contributed by atoms with Gasteiger partial charge in [0.05, 0.1) is 18.2 Å². The normalized spacial score (nSPS) is 16.6. The molecule has 1 fully saturated rings. The van der Waals surface area contributed by atoms with E-state index >= 15 is 0 Å². The second-order valence-electron chi connectivity index (χ2n) is 4.91. The molecule has 6 heteroatoms. The second kappa shape index (κ2) is 5.30. The summed E-state index contributed by atoms with van der Waals surface area (Å²) in [4.78, 5) is 24.4. The molecule has 0 radical (unpaired) electrons. The summed E-state index contributed by atoms with van der Waals surface area (Å²) in [5.74, 6) is -0.517. The van der Waals surface area contributed by atoms with Gasteiger partial charge in [-0.15, -0.1) is 11.3 Å². The van der Waals surface area contributed by atoms with Crippen LogP contribution in [0.15, 0.2) is 5.38 Å². The van der Waals surface area contributed by atoms with E-state index in [-0.39, 0.29) is 5.91 Å². The van der Waals surface area contributed by atoms with Gasteiger partial charge in [-0.25, -0.2) is 4.79 Å². The number of amides is 1. The van der Waals surface area contributed by atoms with Gasteiger partial charge >= 0.3 is 5.97 Å². The van der Waals surface area contributed by atoms with Gasteiger partial charge in [0.2, 0.25) is 5.91 Å². The first-order chi connectivity index (χ1) is 9.04. The lowest BCUT2D eigenvalue weighted by Crippen LogP contribution is -2.47. The highest BCUT2D eigenvalue weighted by molar-refractivity contribution is 7.12. The number of hydrogen-bond acceptors (Lipinski definition) is 5. The van der Waals surface area contributed by atoms with Gasteiger partial charge in [0, 0.05) is 6.54 Å². The van der Waals surface area contributed by atoms with Crippen LogP contribution < -0.4 is 11.1 Å². The van der Waals surface area contributed by atoms with Crippen LogP contribution in [0.1, 0.15) is 34.5 Å². The number of rotatable bonds is 4. The summed E-state index contributed by atoms with van der Waals surface area (Å²) in [5.41, 5.74) is 6.68. The molecule has 0 saturated heterocycles. The predicted octanol–water partition coefficient (Wildman–Crippen LogP) is 1.91. The molecule has 1 heterocycles. The van der Waals surface area contributed by atoms with Crippen LogP contribution in [-0.2, 0) is 9.53 Å². The van der Waals surface area contributed by atoms with Gasteiger partial charge in [-0.2, -0.15) is 0 Å². The molecule has 0 aliphatic heterocycles. The van der Waals surface area contributed by atoms with Crippen LogP contribution in [0.3, 0.4) is 0 Å². The Balaban J connectivity index is 2.21. The first kappa shape index (κ1) is 14.0. The second-order valence-corrected chi connectivity index (χ2v) is 5.79. The monoisotopic (exact) mass is 282 g/mol. The average Bonchev–Trinajstić information content (AvgIpc) is 2.70. The van der Waals surface area contributed by atoms with Crippen LogP contribution in [0.25, 0.3) is 0 Å². The van der Waals surface area contributed by atoms with Crippen molar-refractivity contribution in [3.8, 4) is 0 Å². The van der Waals surface area contributed by atoms with E-state index in [4.69, 9.17) is 10.5 Å². The number of carbonyl (C=O) groups excluding carboxylic acids is 2. The lowest BCUT2D eigenvalue weighted by Gasteiger charge is -2.39. The molecule has 1 amide bonds. The van der Waals surface area contributed by atoms with E-state index in [1.807, 2.05) is 12.3 Å². The Kier molecular flexibility index (Phi) is 3.91. The first-order valence-corrected chi connectivity index (χ1v) is 7.10. The zero-order valence-corrected chi connectivity index (χ0v) is 11.9. The van der Waals surface area contributed by atoms with Gasteiger partial charge in [0.25, 0.3) is 0 Å². The van der Waals surface area contributed by atoms with Gasteiger partial charge < -0.3 is 15.8 Å². The standard InChI is InChI=1S/C13H18N2O3S/c1-8-6-19-10(11(16)18-2)9(8)15-12(17)13(7-14)4-3-5-13/h6H,3-5,7,14H2,1-2H3,(H,15,17). The minimum atomic E-state index is -0.457. The molecule has 1 aliphatic rings. The van der Waals surface area contributed by atoms with E-state index in [2.05, 4.69) is 5.32 Å². The molecular formula is C13H18N2O3S. The van der Waals surface area contributed by atoms with Gasteiger partial charge in [0.15, 0.2) is 0 Å². The van der Waals surface area contributed by atoms with Crippen LogP contribution in [0, 0.1) is 12.3 Å². The van der Waals surface area contributed by atoms with Crippen LogP contribution in [0.5, 0.6) is 0 Å². The number of anilines is 1. The molecule has 5 nitrogen and oxygen atoms in total. The number of aryl methyl sites for hydroxylation is 1. The highest BCUT2D eigenvalue weighted by atomic mass is 32.1. The average molecular weight is 282 g/mol. The Bertz CT molecular complexity index is 500. The highest BCUT2D eigenvalue weighted by Gasteiger charge is 2.43. The van der Waals surface area contributed by atoms with Crippen molar-refractivity contribution in [3.63, 3.8) is 0 Å². The number of ether oxygens (including phenoxy) is 1. The van der Waals surface area contributed by atoms with Gasteiger partial charge in [-0.05, 0) is 30.7 Å². The van der Waals surface area contributed by atoms with Gasteiger partial charge in [0.1, 0.15) is 4.88 Å². The number of carbonyl (C=O) groups is 2. The number of methoxy groups -OCH3 is 1. The first-order valence-electron chi connectivity index (χ1n) is 6.22. The fourth-order valence-electron chi connectivity index (χ4n) is 2.22. The third-order valence-electron chi connectivity index (χ3n) is 3.77. The number of esters is 1. The van der Waals surface area contributed by atoms with E-state index in [0.717, 1.165) is 24.8 Å². The maximum Gasteiger partial charge on any atom is 0.350 e. The summed E-state index contributed by atoms with van der Waals surface area (Å²) in [5, 5.41) is 4.69. The summed E-state index contributed by atoms with van der Waals surface area (Å²) >= 11 is 1.27. The Morgan fingerprint density at radius 2 is 2.21 bits per heavy atom. The molecule has 0 spiro atoms. The van der Waals surface area contributed by atoms with Crippen molar-refractivity contribution in [2.75, 3.05) is 19.0 Å². The summed E-state index contributed by atoms with van der Waals surface area (Å²) in [6.07, 6.45) is 2.65. The number of nitrogens with one attached hydrogen (secondary N) is 1. The van der Waals surface area contributed by atoms with Crippen molar-refractivity contribution >= 4 is 28.9 Å². The molecule has 1 aromatic rings. The van der Waals surface area contributed by atoms with Gasteiger partial charge in [-0.3, -0.25) is 4.79 Å². The lowest BCUT2D eigenvalue weighted by molar-refractivity contribution is -0.129. The Hall–Kier alpha value is -1.40. The van der Waals surface area contributed by atoms with Crippen molar-refractivity contribution in [3.05, 3.63) is 15.8 Å². The molecule has 104 valence electrons. The summed E-state index contributed by atoms with van der Waals surface area (Å²) in [6.45, 7) is 2.20. The van der Waals surface area contributed by atoms with Gasteiger partial charge in [-0.1, -0.05) is 6.42 Å². The summed E-state index contributed by atoms with van der Waals surface area (Å²) in [6, 6.07) is 0. The van der Waals surface area contributed by atoms with E-state index in [9.17, 15) is 9.59 Å². The third kappa shape index (κ3) is 2.37. The van der Waals surface area contributed by atoms with E-state index in [0.29, 0.717) is 17.1 Å². The molecule has 0 unspecified atom stereocenters. The molecule has 19 heavy (non-hydrogen) atoms. The van der Waals surface area contributed by atoms with Crippen LogP contribution in [0.2, 0.25) is 0 Å². The molecule has 1 saturated carbocycles. The van der Waals surface area contributed by atoms with Crippen molar-refractivity contribution in [1.29, 1.82) is 0 Å². The van der Waals surface area contributed by atoms with E-state index in [1.54, 1.807) is 0 Å². The number of nitrogens with two attached hydrogens (primary N) is 1. The quantitative estimate of drug-likeness (QED) is 0.827. The fraction of sp³-hybridized carbons (Fsp3) is 0.538. The minimum Gasteiger partial charge on any atom is -0.465 e. The number of thiophene rings is 1.